The summed E-state index contributed by atoms with van der Waals surface area (Å²) in [6, 6.07) is 12.2. The smallest absolute Gasteiger partial charge is 0.265 e. The Labute approximate surface area is 110 Å². The van der Waals surface area contributed by atoms with Crippen LogP contribution in [0.2, 0.25) is 5.02 Å². The van der Waals surface area contributed by atoms with E-state index in [2.05, 4.69) is 4.72 Å². The molecule has 6 heteroatoms. The number of halogens is 1. The van der Waals surface area contributed by atoms with Gasteiger partial charge in [-0.3, -0.25) is 4.72 Å². The van der Waals surface area contributed by atoms with Crippen LogP contribution in [0.1, 0.15) is 0 Å². The molecule has 0 aliphatic rings. The zero-order chi connectivity index (χ0) is 13.2. The minimum atomic E-state index is -3.85. The molecule has 0 aliphatic heterocycles. The fourth-order valence-corrected chi connectivity index (χ4v) is 2.85. The van der Waals surface area contributed by atoms with Crippen molar-refractivity contribution in [2.45, 2.75) is 4.90 Å². The zero-order valence-electron chi connectivity index (χ0n) is 9.17. The first-order valence-electron chi connectivity index (χ1n) is 5.06. The topological polar surface area (TPSA) is 66.4 Å². The summed E-state index contributed by atoms with van der Waals surface area (Å²) in [5, 5.41) is 9.83. The fraction of sp³-hybridized carbons (Fsp3) is 0. The lowest BCUT2D eigenvalue weighted by atomic mass is 10.3. The van der Waals surface area contributed by atoms with E-state index in [1.54, 1.807) is 30.3 Å². The highest BCUT2D eigenvalue weighted by Crippen LogP contribution is 2.27. The lowest BCUT2D eigenvalue weighted by molar-refractivity contribution is 0.459. The Bertz CT molecular complexity index is 671. The minimum absolute atomic E-state index is 0.190. The maximum atomic E-state index is 12.0. The third-order valence-corrected chi connectivity index (χ3v) is 4.02. The molecular formula is C12H10ClNO3S. The van der Waals surface area contributed by atoms with Crippen molar-refractivity contribution in [1.82, 2.24) is 0 Å². The van der Waals surface area contributed by atoms with E-state index in [1.165, 1.54) is 18.2 Å². The van der Waals surface area contributed by atoms with Crippen molar-refractivity contribution in [3.05, 3.63) is 53.6 Å². The molecule has 18 heavy (non-hydrogen) atoms. The van der Waals surface area contributed by atoms with Gasteiger partial charge in [-0.15, -0.1) is 0 Å². The molecule has 2 aromatic carbocycles. The monoisotopic (exact) mass is 283 g/mol. The van der Waals surface area contributed by atoms with Gasteiger partial charge in [0.15, 0.2) is 0 Å². The van der Waals surface area contributed by atoms with Crippen LogP contribution in [0.3, 0.4) is 0 Å². The van der Waals surface area contributed by atoms with Gasteiger partial charge in [0.25, 0.3) is 10.0 Å². The summed E-state index contributed by atoms with van der Waals surface area (Å²) in [6.07, 6.45) is 0. The number of phenols is 1. The van der Waals surface area contributed by atoms with Gasteiger partial charge in [-0.2, -0.15) is 0 Å². The molecule has 0 aliphatic carbocycles. The zero-order valence-corrected chi connectivity index (χ0v) is 10.7. The lowest BCUT2D eigenvalue weighted by Gasteiger charge is -2.10. The first-order chi connectivity index (χ1) is 8.50. The third kappa shape index (κ3) is 2.57. The van der Waals surface area contributed by atoms with Crippen molar-refractivity contribution in [2.75, 3.05) is 4.72 Å². The molecule has 0 saturated heterocycles. The number of benzene rings is 2. The normalized spacial score (nSPS) is 11.2. The summed E-state index contributed by atoms with van der Waals surface area (Å²) in [5.74, 6) is -0.308. The second kappa shape index (κ2) is 4.88. The third-order valence-electron chi connectivity index (χ3n) is 2.27. The van der Waals surface area contributed by atoms with Crippen LogP contribution < -0.4 is 4.72 Å². The summed E-state index contributed by atoms with van der Waals surface area (Å²) in [5.41, 5.74) is 0.266. The Hall–Kier alpha value is -1.72. The number of nitrogens with one attached hydrogen (secondary N) is 1. The van der Waals surface area contributed by atoms with Crippen molar-refractivity contribution < 1.29 is 13.5 Å². The maximum absolute atomic E-state index is 12.0. The fourth-order valence-electron chi connectivity index (χ4n) is 1.43. The molecule has 0 saturated carbocycles. The maximum Gasteiger partial charge on any atom is 0.265 e. The molecule has 2 N–H and O–H groups in total. The van der Waals surface area contributed by atoms with Crippen LogP contribution in [0.5, 0.6) is 5.75 Å². The number of para-hydroxylation sites is 2. The first-order valence-corrected chi connectivity index (χ1v) is 6.92. The molecule has 0 radical (unpaired) electrons. The van der Waals surface area contributed by atoms with E-state index in [0.29, 0.717) is 0 Å². The van der Waals surface area contributed by atoms with E-state index >= 15 is 0 Å². The van der Waals surface area contributed by atoms with E-state index in [0.717, 1.165) is 0 Å². The van der Waals surface area contributed by atoms with Gasteiger partial charge in [0.1, 0.15) is 10.6 Å². The van der Waals surface area contributed by atoms with Gasteiger partial charge in [0, 0.05) is 0 Å². The van der Waals surface area contributed by atoms with Crippen LogP contribution >= 0.6 is 11.6 Å². The Balaban J connectivity index is 2.40. The van der Waals surface area contributed by atoms with Crippen molar-refractivity contribution in [3.8, 4) is 5.75 Å². The number of rotatable bonds is 3. The van der Waals surface area contributed by atoms with Gasteiger partial charge >= 0.3 is 0 Å². The van der Waals surface area contributed by atoms with Crippen LogP contribution in [0.15, 0.2) is 53.4 Å². The Kier molecular flexibility index (Phi) is 3.45. The molecule has 2 aromatic rings. The Morgan fingerprint density at radius 2 is 1.61 bits per heavy atom. The predicted octanol–water partition coefficient (Wildman–Crippen LogP) is 2.85. The van der Waals surface area contributed by atoms with E-state index in [1.807, 2.05) is 0 Å². The van der Waals surface area contributed by atoms with Gasteiger partial charge in [-0.05, 0) is 24.3 Å². The van der Waals surface area contributed by atoms with Crippen LogP contribution in [0, 0.1) is 0 Å². The minimum Gasteiger partial charge on any atom is -0.507 e. The van der Waals surface area contributed by atoms with Gasteiger partial charge in [0.2, 0.25) is 0 Å². The van der Waals surface area contributed by atoms with E-state index in [9.17, 15) is 13.5 Å². The van der Waals surface area contributed by atoms with E-state index in [4.69, 9.17) is 11.6 Å². The average molecular weight is 284 g/mol. The van der Waals surface area contributed by atoms with Gasteiger partial charge in [-0.1, -0.05) is 35.9 Å². The number of sulfonamides is 1. The SMILES string of the molecule is O=S(=O)(Nc1ccccc1Cl)c1ccccc1O. The highest BCUT2D eigenvalue weighted by atomic mass is 35.5. The molecule has 0 aromatic heterocycles. The van der Waals surface area contributed by atoms with Gasteiger partial charge in [0.05, 0.1) is 10.7 Å². The highest BCUT2D eigenvalue weighted by molar-refractivity contribution is 7.92. The molecule has 0 fully saturated rings. The number of anilines is 1. The van der Waals surface area contributed by atoms with Crippen LogP contribution in [-0.4, -0.2) is 13.5 Å². The number of hydrogen-bond acceptors (Lipinski definition) is 3. The van der Waals surface area contributed by atoms with E-state index in [-0.39, 0.29) is 21.4 Å². The molecule has 0 amide bonds. The largest absolute Gasteiger partial charge is 0.507 e. The van der Waals surface area contributed by atoms with Gasteiger partial charge in [-0.25, -0.2) is 8.42 Å². The standard InChI is InChI=1S/C12H10ClNO3S/c13-9-5-1-2-6-10(9)14-18(16,17)12-8-4-3-7-11(12)15/h1-8,14-15H. The molecule has 0 heterocycles. The van der Waals surface area contributed by atoms with Crippen LogP contribution in [-0.2, 0) is 10.0 Å². The Morgan fingerprint density at radius 1 is 1.00 bits per heavy atom. The first kappa shape index (κ1) is 12.7. The Morgan fingerprint density at radius 3 is 2.28 bits per heavy atom. The molecule has 0 spiro atoms. The van der Waals surface area contributed by atoms with Crippen molar-refractivity contribution in [2.24, 2.45) is 0 Å². The molecular weight excluding hydrogens is 274 g/mol. The molecule has 94 valence electrons. The lowest BCUT2D eigenvalue weighted by Crippen LogP contribution is -2.13. The highest BCUT2D eigenvalue weighted by Gasteiger charge is 2.18. The van der Waals surface area contributed by atoms with Gasteiger partial charge < -0.3 is 5.11 Å². The average Bonchev–Trinajstić information content (AvgIpc) is 2.32. The number of aromatic hydroxyl groups is 1. The number of phenolic OH excluding ortho intramolecular Hbond substituents is 1. The summed E-state index contributed by atoms with van der Waals surface area (Å²) < 4.78 is 26.4. The summed E-state index contributed by atoms with van der Waals surface area (Å²) in [4.78, 5) is -0.190. The molecule has 4 nitrogen and oxygen atoms in total. The summed E-state index contributed by atoms with van der Waals surface area (Å²) in [6.45, 7) is 0. The summed E-state index contributed by atoms with van der Waals surface area (Å²) in [7, 11) is -3.85. The molecule has 0 bridgehead atoms. The van der Waals surface area contributed by atoms with Crippen molar-refractivity contribution in [1.29, 1.82) is 0 Å². The quantitative estimate of drug-likeness (QED) is 0.910. The second-order valence-electron chi connectivity index (χ2n) is 3.55. The van der Waals surface area contributed by atoms with Crippen molar-refractivity contribution in [3.63, 3.8) is 0 Å². The number of hydrogen-bond donors (Lipinski definition) is 2. The molecule has 2 rings (SSSR count). The summed E-state index contributed by atoms with van der Waals surface area (Å²) >= 11 is 5.87. The predicted molar refractivity (Wildman–Crippen MR) is 70.4 cm³/mol. The van der Waals surface area contributed by atoms with E-state index < -0.39 is 10.0 Å². The van der Waals surface area contributed by atoms with Crippen LogP contribution in [0.25, 0.3) is 0 Å². The molecule has 0 unspecified atom stereocenters. The molecule has 0 atom stereocenters. The second-order valence-corrected chi connectivity index (χ2v) is 5.61. The van der Waals surface area contributed by atoms with Crippen molar-refractivity contribution >= 4 is 27.3 Å². The van der Waals surface area contributed by atoms with Crippen LogP contribution in [0.4, 0.5) is 5.69 Å².